The highest BCUT2D eigenvalue weighted by molar-refractivity contribution is 7.14. The Bertz CT molecular complexity index is 1150. The molecule has 2 heterocycles. The van der Waals surface area contributed by atoms with E-state index >= 15 is 0 Å². The number of nitrogens with one attached hydrogen (secondary N) is 1. The number of benzene rings is 2. The van der Waals surface area contributed by atoms with E-state index in [1.54, 1.807) is 18.2 Å². The van der Waals surface area contributed by atoms with Crippen molar-refractivity contribution in [3.05, 3.63) is 65.4 Å². The van der Waals surface area contributed by atoms with Gasteiger partial charge in [-0.2, -0.15) is 0 Å². The first-order chi connectivity index (χ1) is 13.6. The summed E-state index contributed by atoms with van der Waals surface area (Å²) in [7, 11) is 0. The minimum absolute atomic E-state index is 0.245. The summed E-state index contributed by atoms with van der Waals surface area (Å²) >= 11 is 1.30. The average Bonchev–Trinajstić information content (AvgIpc) is 3.36. The Balaban J connectivity index is 1.36. The summed E-state index contributed by atoms with van der Waals surface area (Å²) in [4.78, 5) is 32.7. The lowest BCUT2D eigenvalue weighted by Crippen LogP contribution is -2.21. The van der Waals surface area contributed by atoms with Crippen LogP contribution < -0.4 is 5.32 Å². The van der Waals surface area contributed by atoms with Crippen LogP contribution in [-0.4, -0.2) is 28.5 Å². The molecule has 1 N–H and O–H groups in total. The van der Waals surface area contributed by atoms with Gasteiger partial charge in [-0.3, -0.25) is 10.1 Å². The van der Waals surface area contributed by atoms with Gasteiger partial charge < -0.3 is 9.15 Å². The van der Waals surface area contributed by atoms with Gasteiger partial charge in [-0.05, 0) is 19.1 Å². The van der Waals surface area contributed by atoms with Gasteiger partial charge in [0.1, 0.15) is 5.52 Å². The van der Waals surface area contributed by atoms with E-state index in [1.807, 2.05) is 36.6 Å². The molecular weight excluding hydrogens is 378 g/mol. The van der Waals surface area contributed by atoms with Gasteiger partial charge in [0, 0.05) is 10.9 Å². The highest BCUT2D eigenvalue weighted by Crippen LogP contribution is 2.25. The van der Waals surface area contributed by atoms with Crippen molar-refractivity contribution in [1.82, 2.24) is 9.97 Å². The molecule has 2 aromatic carbocycles. The number of esters is 1. The maximum absolute atomic E-state index is 12.2. The van der Waals surface area contributed by atoms with E-state index in [9.17, 15) is 9.59 Å². The van der Waals surface area contributed by atoms with Gasteiger partial charge in [0.05, 0.1) is 11.3 Å². The van der Waals surface area contributed by atoms with Crippen molar-refractivity contribution in [2.75, 3.05) is 11.9 Å². The summed E-state index contributed by atoms with van der Waals surface area (Å²) in [6, 6.07) is 12.9. The number of carbonyl (C=O) groups excluding carboxylic acids is 2. The van der Waals surface area contributed by atoms with E-state index in [0.717, 1.165) is 16.8 Å². The molecule has 1 amide bonds. The van der Waals surface area contributed by atoms with Crippen molar-refractivity contribution in [2.24, 2.45) is 0 Å². The van der Waals surface area contributed by atoms with Crippen LogP contribution in [0, 0.1) is 6.92 Å². The fraction of sp³-hybridized carbons (Fsp3) is 0.100. The van der Waals surface area contributed by atoms with Crippen LogP contribution in [-0.2, 0) is 9.53 Å². The second-order valence-corrected chi connectivity index (χ2v) is 6.89. The Kier molecular flexibility index (Phi) is 4.86. The van der Waals surface area contributed by atoms with Gasteiger partial charge in [0.2, 0.25) is 0 Å². The molecule has 0 saturated carbocycles. The maximum atomic E-state index is 12.2. The number of nitrogens with zero attached hydrogens (tertiary/aromatic N) is 2. The zero-order chi connectivity index (χ0) is 19.5. The SMILES string of the molecule is Cc1ccc(-c2csc(NC(=O)COC(=O)c3cccc4ocnc34)n2)cc1. The largest absolute Gasteiger partial charge is 0.452 e. The van der Waals surface area contributed by atoms with Gasteiger partial charge in [-0.15, -0.1) is 11.3 Å². The summed E-state index contributed by atoms with van der Waals surface area (Å²) < 4.78 is 10.2. The number of hydrogen-bond acceptors (Lipinski definition) is 7. The van der Waals surface area contributed by atoms with Gasteiger partial charge in [-0.1, -0.05) is 35.9 Å². The van der Waals surface area contributed by atoms with Crippen molar-refractivity contribution in [1.29, 1.82) is 0 Å². The topological polar surface area (TPSA) is 94.3 Å². The molecule has 140 valence electrons. The molecule has 4 rings (SSSR count). The third-order valence-corrected chi connectivity index (χ3v) is 4.77. The fourth-order valence-corrected chi connectivity index (χ4v) is 3.34. The molecule has 0 aliphatic heterocycles. The van der Waals surface area contributed by atoms with Gasteiger partial charge in [0.25, 0.3) is 5.91 Å². The van der Waals surface area contributed by atoms with Crippen LogP contribution in [0.1, 0.15) is 15.9 Å². The Morgan fingerprint density at radius 3 is 2.82 bits per heavy atom. The van der Waals surface area contributed by atoms with Gasteiger partial charge >= 0.3 is 5.97 Å². The molecule has 4 aromatic rings. The third kappa shape index (κ3) is 3.77. The van der Waals surface area contributed by atoms with Gasteiger partial charge in [0.15, 0.2) is 23.7 Å². The van der Waals surface area contributed by atoms with E-state index in [1.165, 1.54) is 17.7 Å². The quantitative estimate of drug-likeness (QED) is 0.514. The van der Waals surface area contributed by atoms with Crippen LogP contribution in [0.15, 0.2) is 58.7 Å². The lowest BCUT2D eigenvalue weighted by atomic mass is 10.1. The Morgan fingerprint density at radius 2 is 2.00 bits per heavy atom. The molecule has 0 atom stereocenters. The first-order valence-electron chi connectivity index (χ1n) is 8.42. The van der Waals surface area contributed by atoms with Crippen molar-refractivity contribution < 1.29 is 18.7 Å². The van der Waals surface area contributed by atoms with E-state index < -0.39 is 18.5 Å². The predicted molar refractivity (Wildman–Crippen MR) is 105 cm³/mol. The number of aryl methyl sites for hydroxylation is 1. The van der Waals surface area contributed by atoms with Crippen LogP contribution >= 0.6 is 11.3 Å². The molecule has 0 bridgehead atoms. The molecule has 28 heavy (non-hydrogen) atoms. The second-order valence-electron chi connectivity index (χ2n) is 6.03. The third-order valence-electron chi connectivity index (χ3n) is 4.01. The second kappa shape index (κ2) is 7.61. The number of para-hydroxylation sites is 1. The minimum atomic E-state index is -0.644. The number of thiazole rings is 1. The van der Waals surface area contributed by atoms with E-state index in [-0.39, 0.29) is 5.56 Å². The van der Waals surface area contributed by atoms with Crippen LogP contribution in [0.5, 0.6) is 0 Å². The van der Waals surface area contributed by atoms with E-state index in [2.05, 4.69) is 15.3 Å². The normalized spacial score (nSPS) is 10.8. The number of ether oxygens (including phenoxy) is 1. The Labute approximate surface area is 164 Å². The summed E-state index contributed by atoms with van der Waals surface area (Å²) in [5, 5.41) is 4.94. The number of amides is 1. The predicted octanol–water partition coefficient (Wildman–Crippen LogP) is 4.06. The first-order valence-corrected chi connectivity index (χ1v) is 9.30. The standard InChI is InChI=1S/C20H15N3O4S/c1-12-5-7-13(8-6-12)15-10-28-20(22-15)23-17(24)9-26-19(25)14-3-2-4-16-18(14)21-11-27-16/h2-8,10-11H,9H2,1H3,(H,22,23,24). The van der Waals surface area contributed by atoms with Crippen LogP contribution in [0.4, 0.5) is 5.13 Å². The van der Waals surface area contributed by atoms with Crippen LogP contribution in [0.3, 0.4) is 0 Å². The molecule has 2 aromatic heterocycles. The first kappa shape index (κ1) is 17.9. The minimum Gasteiger partial charge on any atom is -0.452 e. The fourth-order valence-electron chi connectivity index (χ4n) is 2.60. The van der Waals surface area contributed by atoms with E-state index in [0.29, 0.717) is 16.2 Å². The molecule has 0 fully saturated rings. The smallest absolute Gasteiger partial charge is 0.340 e. The molecule has 0 unspecified atom stereocenters. The molecule has 7 nitrogen and oxygen atoms in total. The molecule has 0 saturated heterocycles. The van der Waals surface area contributed by atoms with E-state index in [4.69, 9.17) is 9.15 Å². The van der Waals surface area contributed by atoms with Crippen molar-refractivity contribution in [3.63, 3.8) is 0 Å². The maximum Gasteiger partial charge on any atom is 0.340 e. The number of anilines is 1. The zero-order valence-corrected chi connectivity index (χ0v) is 15.7. The lowest BCUT2D eigenvalue weighted by Gasteiger charge is -2.05. The lowest BCUT2D eigenvalue weighted by molar-refractivity contribution is -0.119. The molecule has 0 spiro atoms. The Hall–Kier alpha value is -3.52. The Morgan fingerprint density at radius 1 is 1.18 bits per heavy atom. The number of oxazole rings is 1. The molecule has 0 aliphatic rings. The van der Waals surface area contributed by atoms with Crippen molar-refractivity contribution >= 4 is 39.4 Å². The number of carbonyl (C=O) groups is 2. The summed E-state index contributed by atoms with van der Waals surface area (Å²) in [5.41, 5.74) is 4.02. The van der Waals surface area contributed by atoms with Crippen molar-refractivity contribution in [3.8, 4) is 11.3 Å². The zero-order valence-electron chi connectivity index (χ0n) is 14.8. The highest BCUT2D eigenvalue weighted by Gasteiger charge is 2.16. The summed E-state index contributed by atoms with van der Waals surface area (Å²) in [6.07, 6.45) is 1.25. The monoisotopic (exact) mass is 393 g/mol. The summed E-state index contributed by atoms with van der Waals surface area (Å²) in [6.45, 7) is 1.59. The van der Waals surface area contributed by atoms with Crippen molar-refractivity contribution in [2.45, 2.75) is 6.92 Å². The number of hydrogen-bond donors (Lipinski definition) is 1. The van der Waals surface area contributed by atoms with Crippen LogP contribution in [0.25, 0.3) is 22.4 Å². The molecular formula is C20H15N3O4S. The molecule has 0 radical (unpaired) electrons. The summed E-state index contributed by atoms with van der Waals surface area (Å²) in [5.74, 6) is -1.11. The number of fused-ring (bicyclic) bond motifs is 1. The molecule has 8 heteroatoms. The van der Waals surface area contributed by atoms with Gasteiger partial charge in [-0.25, -0.2) is 14.8 Å². The number of aromatic nitrogens is 2. The highest BCUT2D eigenvalue weighted by atomic mass is 32.1. The average molecular weight is 393 g/mol. The molecule has 0 aliphatic carbocycles. The van der Waals surface area contributed by atoms with Crippen LogP contribution in [0.2, 0.25) is 0 Å². The number of rotatable bonds is 5.